The summed E-state index contributed by atoms with van der Waals surface area (Å²) < 4.78 is 10.6. The minimum atomic E-state index is -0.0960. The van der Waals surface area contributed by atoms with Gasteiger partial charge in [-0.2, -0.15) is 0 Å². The summed E-state index contributed by atoms with van der Waals surface area (Å²) in [6, 6.07) is 9.21. The topological polar surface area (TPSA) is 67.9 Å². The molecule has 0 atom stereocenters. The van der Waals surface area contributed by atoms with E-state index in [0.717, 1.165) is 10.6 Å². The first-order chi connectivity index (χ1) is 11.6. The fraction of sp³-hybridized carbons (Fsp3) is 0.294. The molecule has 1 aromatic carbocycles. The molecular weight excluding hydrogens is 328 g/mol. The van der Waals surface area contributed by atoms with E-state index in [1.54, 1.807) is 28.4 Å². The van der Waals surface area contributed by atoms with Crippen molar-refractivity contribution in [3.05, 3.63) is 40.6 Å². The Bertz CT molecular complexity index is 730. The highest BCUT2D eigenvalue weighted by molar-refractivity contribution is 7.10. The van der Waals surface area contributed by atoms with Gasteiger partial charge in [-0.1, -0.05) is 6.07 Å². The summed E-state index contributed by atoms with van der Waals surface area (Å²) in [5.41, 5.74) is 0.722. The number of amides is 2. The van der Waals surface area contributed by atoms with Gasteiger partial charge in [-0.3, -0.25) is 9.59 Å². The maximum Gasteiger partial charge on any atom is 0.231 e. The lowest BCUT2D eigenvalue weighted by Crippen LogP contribution is -2.38. The van der Waals surface area contributed by atoms with Crippen LogP contribution >= 0.6 is 11.3 Å². The monoisotopic (exact) mass is 346 g/mol. The minimum absolute atomic E-state index is 0.0494. The van der Waals surface area contributed by atoms with Crippen molar-refractivity contribution in [3.63, 3.8) is 0 Å². The molecule has 2 aromatic rings. The largest absolute Gasteiger partial charge is 0.454 e. The van der Waals surface area contributed by atoms with Gasteiger partial charge >= 0.3 is 0 Å². The first kappa shape index (κ1) is 16.3. The van der Waals surface area contributed by atoms with Crippen LogP contribution in [0.1, 0.15) is 11.8 Å². The third kappa shape index (κ3) is 3.86. The maximum atomic E-state index is 11.9. The van der Waals surface area contributed by atoms with E-state index in [1.807, 2.05) is 23.6 Å². The number of fused-ring (bicyclic) bond motifs is 1. The number of benzene rings is 1. The zero-order chi connectivity index (χ0) is 16.9. The molecule has 7 heteroatoms. The van der Waals surface area contributed by atoms with Crippen LogP contribution < -0.4 is 19.7 Å². The molecule has 1 aliphatic rings. The minimum Gasteiger partial charge on any atom is -0.454 e. The number of carbonyl (C=O) groups excluding carboxylic acids is 2. The highest BCUT2D eigenvalue weighted by Gasteiger charge is 2.18. The van der Waals surface area contributed by atoms with Crippen LogP contribution in [0.5, 0.6) is 11.5 Å². The highest BCUT2D eigenvalue weighted by atomic mass is 32.1. The van der Waals surface area contributed by atoms with Crippen molar-refractivity contribution in [2.45, 2.75) is 13.3 Å². The Morgan fingerprint density at radius 1 is 1.25 bits per heavy atom. The molecule has 0 bridgehead atoms. The van der Waals surface area contributed by atoms with Gasteiger partial charge in [-0.15, -0.1) is 11.3 Å². The van der Waals surface area contributed by atoms with E-state index in [2.05, 4.69) is 5.32 Å². The summed E-state index contributed by atoms with van der Waals surface area (Å²) in [5.74, 6) is 1.15. The second kappa shape index (κ2) is 7.35. The van der Waals surface area contributed by atoms with Crippen molar-refractivity contribution >= 4 is 28.8 Å². The third-order valence-corrected chi connectivity index (χ3v) is 4.50. The van der Waals surface area contributed by atoms with Crippen LogP contribution in [-0.2, 0) is 16.0 Å². The number of rotatable bonds is 6. The standard InChI is InChI=1S/C17H18N2O4S/c1-12(20)19(13-4-5-15-16(9-13)23-11-22-15)7-6-18-17(21)10-14-3-2-8-24-14/h2-5,8-9H,6-7,10-11H2,1H3,(H,18,21). The number of thiophene rings is 1. The molecule has 0 radical (unpaired) electrons. The van der Waals surface area contributed by atoms with Crippen molar-refractivity contribution in [1.29, 1.82) is 0 Å². The molecule has 1 N–H and O–H groups in total. The molecule has 6 nitrogen and oxygen atoms in total. The number of anilines is 1. The first-order valence-corrected chi connectivity index (χ1v) is 8.48. The summed E-state index contributed by atoms with van der Waals surface area (Å²) in [6.07, 6.45) is 0.363. The lowest BCUT2D eigenvalue weighted by Gasteiger charge is -2.21. The van der Waals surface area contributed by atoms with Gasteiger partial charge in [-0.05, 0) is 23.6 Å². The van der Waals surface area contributed by atoms with Crippen LogP contribution in [0.2, 0.25) is 0 Å². The van der Waals surface area contributed by atoms with Gasteiger partial charge in [0, 0.05) is 36.6 Å². The molecule has 0 spiro atoms. The molecule has 3 rings (SSSR count). The van der Waals surface area contributed by atoms with Gasteiger partial charge in [-0.25, -0.2) is 0 Å². The summed E-state index contributed by atoms with van der Waals surface area (Å²) in [7, 11) is 0. The molecule has 0 saturated heterocycles. The quantitative estimate of drug-likeness (QED) is 0.871. The Morgan fingerprint density at radius 3 is 2.83 bits per heavy atom. The first-order valence-electron chi connectivity index (χ1n) is 7.60. The molecule has 2 heterocycles. The SMILES string of the molecule is CC(=O)N(CCNC(=O)Cc1cccs1)c1ccc2c(c1)OCO2. The molecular formula is C17H18N2O4S. The van der Waals surface area contributed by atoms with E-state index in [-0.39, 0.29) is 18.6 Å². The van der Waals surface area contributed by atoms with E-state index in [1.165, 1.54) is 6.92 Å². The average molecular weight is 346 g/mol. The van der Waals surface area contributed by atoms with Crippen LogP contribution in [0.4, 0.5) is 5.69 Å². The van der Waals surface area contributed by atoms with Crippen molar-refractivity contribution in [1.82, 2.24) is 5.32 Å². The number of nitrogens with zero attached hydrogens (tertiary/aromatic N) is 1. The Morgan fingerprint density at radius 2 is 2.08 bits per heavy atom. The fourth-order valence-electron chi connectivity index (χ4n) is 2.46. The van der Waals surface area contributed by atoms with Crippen LogP contribution in [0.25, 0.3) is 0 Å². The van der Waals surface area contributed by atoms with Crippen molar-refractivity contribution in [2.75, 3.05) is 24.8 Å². The van der Waals surface area contributed by atoms with Crippen LogP contribution in [0.3, 0.4) is 0 Å². The van der Waals surface area contributed by atoms with Crippen LogP contribution in [0, 0.1) is 0 Å². The van der Waals surface area contributed by atoms with Gasteiger partial charge in [0.05, 0.1) is 6.42 Å². The summed E-state index contributed by atoms with van der Waals surface area (Å²) in [6.45, 7) is 2.47. The van der Waals surface area contributed by atoms with Gasteiger partial charge in [0.15, 0.2) is 11.5 Å². The molecule has 0 fully saturated rings. The molecule has 0 aliphatic carbocycles. The third-order valence-electron chi connectivity index (χ3n) is 3.62. The van der Waals surface area contributed by atoms with Gasteiger partial charge < -0.3 is 19.7 Å². The van der Waals surface area contributed by atoms with Gasteiger partial charge in [0.25, 0.3) is 0 Å². The Balaban J connectivity index is 1.56. The van der Waals surface area contributed by atoms with E-state index in [9.17, 15) is 9.59 Å². The zero-order valence-corrected chi connectivity index (χ0v) is 14.1. The predicted molar refractivity (Wildman–Crippen MR) is 91.6 cm³/mol. The predicted octanol–water partition coefficient (Wildman–Crippen LogP) is 2.19. The normalized spacial score (nSPS) is 12.0. The Kier molecular flexibility index (Phi) is 5.00. The van der Waals surface area contributed by atoms with Crippen molar-refractivity contribution in [3.8, 4) is 11.5 Å². The van der Waals surface area contributed by atoms with E-state index >= 15 is 0 Å². The number of ether oxygens (including phenoxy) is 2. The second-order valence-electron chi connectivity index (χ2n) is 5.31. The summed E-state index contributed by atoms with van der Waals surface area (Å²) in [4.78, 5) is 26.5. The highest BCUT2D eigenvalue weighted by Crippen LogP contribution is 2.35. The lowest BCUT2D eigenvalue weighted by atomic mass is 10.2. The average Bonchev–Trinajstić information content (AvgIpc) is 3.21. The number of hydrogen-bond donors (Lipinski definition) is 1. The number of hydrogen-bond acceptors (Lipinski definition) is 5. The van der Waals surface area contributed by atoms with Crippen molar-refractivity contribution in [2.24, 2.45) is 0 Å². The number of carbonyl (C=O) groups is 2. The molecule has 0 saturated carbocycles. The second-order valence-corrected chi connectivity index (χ2v) is 6.35. The molecule has 1 aliphatic heterocycles. The maximum absolute atomic E-state index is 11.9. The van der Waals surface area contributed by atoms with Gasteiger partial charge in [0.1, 0.15) is 0 Å². The summed E-state index contributed by atoms with van der Waals surface area (Å²) in [5, 5.41) is 4.79. The van der Waals surface area contributed by atoms with Crippen LogP contribution in [-0.4, -0.2) is 31.7 Å². The van der Waals surface area contributed by atoms with Crippen molar-refractivity contribution < 1.29 is 19.1 Å². The molecule has 126 valence electrons. The Labute approximate surface area is 144 Å². The van der Waals surface area contributed by atoms with Gasteiger partial charge in [0.2, 0.25) is 18.6 Å². The fourth-order valence-corrected chi connectivity index (χ4v) is 3.17. The molecule has 1 aromatic heterocycles. The van der Waals surface area contributed by atoms with E-state index < -0.39 is 0 Å². The molecule has 2 amide bonds. The van der Waals surface area contributed by atoms with E-state index in [4.69, 9.17) is 9.47 Å². The molecule has 24 heavy (non-hydrogen) atoms. The molecule has 0 unspecified atom stereocenters. The Hall–Kier alpha value is -2.54. The lowest BCUT2D eigenvalue weighted by molar-refractivity contribution is -0.120. The smallest absolute Gasteiger partial charge is 0.231 e. The number of nitrogens with one attached hydrogen (secondary N) is 1. The van der Waals surface area contributed by atoms with Crippen LogP contribution in [0.15, 0.2) is 35.7 Å². The zero-order valence-electron chi connectivity index (χ0n) is 13.3. The summed E-state index contributed by atoms with van der Waals surface area (Å²) >= 11 is 1.55. The van der Waals surface area contributed by atoms with E-state index in [0.29, 0.717) is 31.0 Å².